The Balaban J connectivity index is 2.38. The van der Waals surface area contributed by atoms with Gasteiger partial charge in [-0.05, 0) is 17.7 Å². The first-order chi connectivity index (χ1) is 6.72. The number of nitrogens with two attached hydrogens (primary N) is 1. The van der Waals surface area contributed by atoms with Crippen molar-refractivity contribution in [3.8, 4) is 0 Å². The van der Waals surface area contributed by atoms with E-state index in [0.717, 1.165) is 10.0 Å². The smallest absolute Gasteiger partial charge is 0.221 e. The van der Waals surface area contributed by atoms with Crippen molar-refractivity contribution in [2.75, 3.05) is 6.54 Å². The van der Waals surface area contributed by atoms with Crippen LogP contribution in [0.1, 0.15) is 12.0 Å². The van der Waals surface area contributed by atoms with Crippen molar-refractivity contribution in [2.45, 2.75) is 13.0 Å². The highest BCUT2D eigenvalue weighted by Gasteiger charge is 1.98. The Bertz CT molecular complexity index is 297. The second kappa shape index (κ2) is 5.78. The molecule has 0 aliphatic rings. The first-order valence-electron chi connectivity index (χ1n) is 4.43. The second-order valence-electron chi connectivity index (χ2n) is 2.94. The number of benzene rings is 1. The van der Waals surface area contributed by atoms with Gasteiger partial charge in [-0.3, -0.25) is 4.79 Å². The van der Waals surface area contributed by atoms with Crippen molar-refractivity contribution in [3.05, 3.63) is 34.3 Å². The first-order valence-corrected chi connectivity index (χ1v) is 5.23. The average Bonchev–Trinajstić information content (AvgIpc) is 2.17. The third kappa shape index (κ3) is 3.89. The molecule has 1 rings (SSSR count). The highest BCUT2D eigenvalue weighted by molar-refractivity contribution is 9.10. The lowest BCUT2D eigenvalue weighted by Gasteiger charge is -2.04. The molecule has 0 heterocycles. The maximum Gasteiger partial charge on any atom is 0.221 e. The fourth-order valence-electron chi connectivity index (χ4n) is 1.02. The predicted molar refractivity (Wildman–Crippen MR) is 59.7 cm³/mol. The van der Waals surface area contributed by atoms with Crippen LogP contribution in [-0.4, -0.2) is 12.5 Å². The number of halogens is 1. The molecule has 0 bridgehead atoms. The molecule has 0 unspecified atom stereocenters. The largest absolute Gasteiger partial charge is 0.352 e. The summed E-state index contributed by atoms with van der Waals surface area (Å²) in [4.78, 5) is 11.1. The van der Waals surface area contributed by atoms with Crippen LogP contribution < -0.4 is 11.1 Å². The summed E-state index contributed by atoms with van der Waals surface area (Å²) in [7, 11) is 0. The summed E-state index contributed by atoms with van der Waals surface area (Å²) in [6.07, 6.45) is 0.385. The Hall–Kier alpha value is -0.870. The number of amides is 1. The minimum Gasteiger partial charge on any atom is -0.352 e. The molecular formula is C10H13BrN2O. The standard InChI is InChI=1S/C10H13BrN2O/c11-9-3-1-8(2-4-9)7-13-10(14)5-6-12/h1-4H,5-7,12H2,(H,13,14). The van der Waals surface area contributed by atoms with E-state index in [2.05, 4.69) is 21.2 Å². The molecule has 1 amide bonds. The normalized spacial score (nSPS) is 9.86. The van der Waals surface area contributed by atoms with Crippen LogP contribution in [0.25, 0.3) is 0 Å². The van der Waals surface area contributed by atoms with Gasteiger partial charge in [0.05, 0.1) is 0 Å². The van der Waals surface area contributed by atoms with Crippen LogP contribution in [0, 0.1) is 0 Å². The molecule has 0 atom stereocenters. The number of carbonyl (C=O) groups is 1. The average molecular weight is 257 g/mol. The third-order valence-corrected chi connectivity index (χ3v) is 2.30. The molecule has 14 heavy (non-hydrogen) atoms. The monoisotopic (exact) mass is 256 g/mol. The van der Waals surface area contributed by atoms with Crippen molar-refractivity contribution in [1.29, 1.82) is 0 Å². The molecule has 1 aromatic rings. The minimum atomic E-state index is -0.00424. The van der Waals surface area contributed by atoms with Gasteiger partial charge in [-0.15, -0.1) is 0 Å². The summed E-state index contributed by atoms with van der Waals surface area (Å²) in [6, 6.07) is 7.83. The Morgan fingerprint density at radius 3 is 2.57 bits per heavy atom. The molecule has 0 saturated carbocycles. The van der Waals surface area contributed by atoms with Gasteiger partial charge in [-0.25, -0.2) is 0 Å². The zero-order chi connectivity index (χ0) is 10.4. The van der Waals surface area contributed by atoms with Gasteiger partial charge < -0.3 is 11.1 Å². The van der Waals surface area contributed by atoms with Gasteiger partial charge in [0.2, 0.25) is 5.91 Å². The van der Waals surface area contributed by atoms with Gasteiger partial charge in [0, 0.05) is 24.0 Å². The Morgan fingerprint density at radius 2 is 2.00 bits per heavy atom. The number of nitrogens with one attached hydrogen (secondary N) is 1. The Labute approximate surface area is 91.8 Å². The minimum absolute atomic E-state index is 0.00424. The van der Waals surface area contributed by atoms with E-state index in [9.17, 15) is 4.79 Å². The number of rotatable bonds is 4. The number of hydrogen-bond donors (Lipinski definition) is 2. The van der Waals surface area contributed by atoms with Crippen LogP contribution in [0.2, 0.25) is 0 Å². The lowest BCUT2D eigenvalue weighted by Crippen LogP contribution is -2.24. The lowest BCUT2D eigenvalue weighted by molar-refractivity contribution is -0.121. The molecule has 0 radical (unpaired) electrons. The van der Waals surface area contributed by atoms with Gasteiger partial charge in [0.1, 0.15) is 0 Å². The van der Waals surface area contributed by atoms with E-state index < -0.39 is 0 Å². The van der Waals surface area contributed by atoms with E-state index in [4.69, 9.17) is 5.73 Å². The number of hydrogen-bond acceptors (Lipinski definition) is 2. The van der Waals surface area contributed by atoms with Crippen LogP contribution in [0.15, 0.2) is 28.7 Å². The zero-order valence-electron chi connectivity index (χ0n) is 7.79. The van der Waals surface area contributed by atoms with E-state index in [1.54, 1.807) is 0 Å². The molecule has 0 aliphatic carbocycles. The fourth-order valence-corrected chi connectivity index (χ4v) is 1.29. The molecule has 4 heteroatoms. The van der Waals surface area contributed by atoms with E-state index in [1.165, 1.54) is 0 Å². The van der Waals surface area contributed by atoms with Crippen LogP contribution in [-0.2, 0) is 11.3 Å². The molecule has 0 spiro atoms. The highest BCUT2D eigenvalue weighted by Crippen LogP contribution is 2.10. The van der Waals surface area contributed by atoms with Gasteiger partial charge in [0.15, 0.2) is 0 Å². The Kier molecular flexibility index (Phi) is 4.62. The molecule has 1 aromatic carbocycles. The van der Waals surface area contributed by atoms with Crippen LogP contribution in [0.4, 0.5) is 0 Å². The topological polar surface area (TPSA) is 55.1 Å². The van der Waals surface area contributed by atoms with Gasteiger partial charge >= 0.3 is 0 Å². The van der Waals surface area contributed by atoms with E-state index in [1.807, 2.05) is 24.3 Å². The zero-order valence-corrected chi connectivity index (χ0v) is 9.38. The van der Waals surface area contributed by atoms with E-state index in [-0.39, 0.29) is 5.91 Å². The molecule has 3 nitrogen and oxygen atoms in total. The summed E-state index contributed by atoms with van der Waals surface area (Å²) in [6.45, 7) is 0.957. The molecule has 0 aromatic heterocycles. The lowest BCUT2D eigenvalue weighted by atomic mass is 10.2. The molecule has 3 N–H and O–H groups in total. The van der Waals surface area contributed by atoms with Gasteiger partial charge in [0.25, 0.3) is 0 Å². The van der Waals surface area contributed by atoms with Crippen LogP contribution >= 0.6 is 15.9 Å². The van der Waals surface area contributed by atoms with E-state index in [0.29, 0.717) is 19.5 Å². The van der Waals surface area contributed by atoms with Crippen molar-refractivity contribution in [2.24, 2.45) is 5.73 Å². The van der Waals surface area contributed by atoms with Crippen LogP contribution in [0.5, 0.6) is 0 Å². The SMILES string of the molecule is NCCC(=O)NCc1ccc(Br)cc1. The fraction of sp³-hybridized carbons (Fsp3) is 0.300. The second-order valence-corrected chi connectivity index (χ2v) is 3.86. The van der Waals surface area contributed by atoms with Gasteiger partial charge in [-0.2, -0.15) is 0 Å². The quantitative estimate of drug-likeness (QED) is 0.856. The van der Waals surface area contributed by atoms with Gasteiger partial charge in [-0.1, -0.05) is 28.1 Å². The Morgan fingerprint density at radius 1 is 1.36 bits per heavy atom. The maximum atomic E-state index is 11.1. The van der Waals surface area contributed by atoms with Crippen molar-refractivity contribution >= 4 is 21.8 Å². The van der Waals surface area contributed by atoms with E-state index >= 15 is 0 Å². The number of carbonyl (C=O) groups excluding carboxylic acids is 1. The summed E-state index contributed by atoms with van der Waals surface area (Å²) < 4.78 is 1.04. The molecular weight excluding hydrogens is 244 g/mol. The summed E-state index contributed by atoms with van der Waals surface area (Å²) in [5, 5.41) is 2.79. The van der Waals surface area contributed by atoms with Crippen molar-refractivity contribution < 1.29 is 4.79 Å². The predicted octanol–water partition coefficient (Wildman–Crippen LogP) is 1.41. The summed E-state index contributed by atoms with van der Waals surface area (Å²) in [5.41, 5.74) is 6.33. The molecule has 76 valence electrons. The highest BCUT2D eigenvalue weighted by atomic mass is 79.9. The third-order valence-electron chi connectivity index (χ3n) is 1.77. The molecule has 0 aliphatic heterocycles. The van der Waals surface area contributed by atoms with Crippen molar-refractivity contribution in [3.63, 3.8) is 0 Å². The molecule has 0 saturated heterocycles. The first kappa shape index (κ1) is 11.2. The summed E-state index contributed by atoms with van der Waals surface area (Å²) in [5.74, 6) is -0.00424. The summed E-state index contributed by atoms with van der Waals surface area (Å²) >= 11 is 3.35. The maximum absolute atomic E-state index is 11.1. The molecule has 0 fully saturated rings. The van der Waals surface area contributed by atoms with Crippen LogP contribution in [0.3, 0.4) is 0 Å². The van der Waals surface area contributed by atoms with Crippen molar-refractivity contribution in [1.82, 2.24) is 5.32 Å².